The van der Waals surface area contributed by atoms with Crippen molar-refractivity contribution < 1.29 is 4.79 Å². The maximum absolute atomic E-state index is 12.0. The molecule has 82 valence electrons. The summed E-state index contributed by atoms with van der Waals surface area (Å²) in [5.74, 6) is 0.605. The number of rotatable bonds is 2. The van der Waals surface area contributed by atoms with Crippen molar-refractivity contribution in [2.24, 2.45) is 5.92 Å². The fraction of sp³-hybridized carbons (Fsp3) is 0.909. The molecule has 0 aromatic carbocycles. The summed E-state index contributed by atoms with van der Waals surface area (Å²) in [6, 6.07) is 0.772. The Balaban J connectivity index is 2.67. The van der Waals surface area contributed by atoms with Gasteiger partial charge in [0.05, 0.1) is 0 Å². The van der Waals surface area contributed by atoms with E-state index in [-0.39, 0.29) is 11.8 Å². The second-order valence-electron chi connectivity index (χ2n) is 4.43. The molecule has 0 aromatic rings. The van der Waals surface area contributed by atoms with E-state index in [1.807, 2.05) is 11.8 Å². The van der Waals surface area contributed by atoms with Gasteiger partial charge in [0.15, 0.2) is 0 Å². The van der Waals surface area contributed by atoms with E-state index in [2.05, 4.69) is 13.8 Å². The van der Waals surface area contributed by atoms with Gasteiger partial charge in [-0.15, -0.1) is 11.6 Å². The van der Waals surface area contributed by atoms with Gasteiger partial charge in [-0.05, 0) is 33.1 Å². The molecule has 1 aliphatic heterocycles. The highest BCUT2D eigenvalue weighted by molar-refractivity contribution is 6.19. The summed E-state index contributed by atoms with van der Waals surface area (Å²) in [5, 5.41) is 0. The van der Waals surface area contributed by atoms with E-state index in [0.717, 1.165) is 12.8 Å². The number of hydrogen-bond donors (Lipinski definition) is 0. The van der Waals surface area contributed by atoms with E-state index in [1.54, 1.807) is 0 Å². The largest absolute Gasteiger partial charge is 0.337 e. The number of amides is 1. The van der Waals surface area contributed by atoms with Gasteiger partial charge in [-0.1, -0.05) is 6.92 Å². The first kappa shape index (κ1) is 11.8. The predicted molar refractivity (Wildman–Crippen MR) is 59.5 cm³/mol. The van der Waals surface area contributed by atoms with E-state index in [4.69, 9.17) is 11.6 Å². The lowest BCUT2D eigenvalue weighted by atomic mass is 9.96. The number of piperidine rings is 1. The van der Waals surface area contributed by atoms with Gasteiger partial charge in [-0.25, -0.2) is 0 Å². The summed E-state index contributed by atoms with van der Waals surface area (Å²) in [7, 11) is 0. The lowest BCUT2D eigenvalue weighted by Gasteiger charge is -2.40. The summed E-state index contributed by atoms with van der Waals surface area (Å²) >= 11 is 5.71. The number of halogens is 1. The number of hydrogen-bond acceptors (Lipinski definition) is 1. The van der Waals surface area contributed by atoms with E-state index in [9.17, 15) is 4.79 Å². The Hall–Kier alpha value is -0.240. The number of alkyl halides is 1. The van der Waals surface area contributed by atoms with Crippen LogP contribution in [0.25, 0.3) is 0 Å². The van der Waals surface area contributed by atoms with Crippen LogP contribution >= 0.6 is 11.6 Å². The highest BCUT2D eigenvalue weighted by Crippen LogP contribution is 2.24. The van der Waals surface area contributed by atoms with Crippen molar-refractivity contribution in [2.45, 2.75) is 52.1 Å². The van der Waals surface area contributed by atoms with Crippen molar-refractivity contribution in [1.82, 2.24) is 4.90 Å². The minimum Gasteiger partial charge on any atom is -0.337 e. The molecule has 3 atom stereocenters. The summed E-state index contributed by atoms with van der Waals surface area (Å²) in [5.41, 5.74) is 0. The van der Waals surface area contributed by atoms with Gasteiger partial charge < -0.3 is 4.90 Å². The molecule has 0 saturated carbocycles. The first-order chi connectivity index (χ1) is 6.57. The van der Waals surface area contributed by atoms with E-state index in [1.165, 1.54) is 6.42 Å². The Morgan fingerprint density at radius 3 is 2.36 bits per heavy atom. The fourth-order valence-corrected chi connectivity index (χ4v) is 2.31. The second-order valence-corrected chi connectivity index (χ2v) is 4.74. The SMILES string of the molecule is CC(CCl)C(=O)N1[C@H](C)CCC[C@@H]1C. The van der Waals surface area contributed by atoms with Crippen LogP contribution in [0.5, 0.6) is 0 Å². The smallest absolute Gasteiger partial charge is 0.227 e. The van der Waals surface area contributed by atoms with Crippen molar-refractivity contribution in [3.63, 3.8) is 0 Å². The zero-order valence-electron chi connectivity index (χ0n) is 9.29. The molecule has 1 amide bonds. The normalized spacial score (nSPS) is 30.1. The fourth-order valence-electron chi connectivity index (χ4n) is 2.18. The molecule has 0 aromatic heterocycles. The topological polar surface area (TPSA) is 20.3 Å². The highest BCUT2D eigenvalue weighted by Gasteiger charge is 2.30. The van der Waals surface area contributed by atoms with Crippen molar-refractivity contribution in [3.8, 4) is 0 Å². The second kappa shape index (κ2) is 5.01. The molecule has 0 spiro atoms. The number of nitrogens with zero attached hydrogens (tertiary/aromatic N) is 1. The third kappa shape index (κ3) is 2.41. The van der Waals surface area contributed by atoms with Crippen molar-refractivity contribution in [2.75, 3.05) is 5.88 Å². The zero-order chi connectivity index (χ0) is 10.7. The summed E-state index contributed by atoms with van der Waals surface area (Å²) in [6.07, 6.45) is 3.50. The van der Waals surface area contributed by atoms with Gasteiger partial charge in [0, 0.05) is 23.9 Å². The van der Waals surface area contributed by atoms with Crippen molar-refractivity contribution in [1.29, 1.82) is 0 Å². The van der Waals surface area contributed by atoms with Crippen LogP contribution in [0.3, 0.4) is 0 Å². The molecular weight excluding hydrogens is 198 g/mol. The average molecular weight is 218 g/mol. The van der Waals surface area contributed by atoms with Gasteiger partial charge in [0.1, 0.15) is 0 Å². The first-order valence-electron chi connectivity index (χ1n) is 5.46. The Morgan fingerprint density at radius 1 is 1.43 bits per heavy atom. The summed E-state index contributed by atoms with van der Waals surface area (Å²) in [4.78, 5) is 14.0. The van der Waals surface area contributed by atoms with E-state index >= 15 is 0 Å². The van der Waals surface area contributed by atoms with Crippen LogP contribution in [0.15, 0.2) is 0 Å². The standard InChI is InChI=1S/C11H20ClNO/c1-8(7-12)11(14)13-9(2)5-4-6-10(13)3/h8-10H,4-7H2,1-3H3/t8?,9-,10+. The van der Waals surface area contributed by atoms with Crippen LogP contribution < -0.4 is 0 Å². The molecule has 1 heterocycles. The maximum atomic E-state index is 12.0. The highest BCUT2D eigenvalue weighted by atomic mass is 35.5. The van der Waals surface area contributed by atoms with Gasteiger partial charge in [-0.3, -0.25) is 4.79 Å². The van der Waals surface area contributed by atoms with Gasteiger partial charge in [0.25, 0.3) is 0 Å². The molecule has 0 bridgehead atoms. The van der Waals surface area contributed by atoms with Crippen LogP contribution in [0.2, 0.25) is 0 Å². The molecule has 0 N–H and O–H groups in total. The lowest BCUT2D eigenvalue weighted by molar-refractivity contribution is -0.140. The van der Waals surface area contributed by atoms with Crippen LogP contribution in [0, 0.1) is 5.92 Å². The quantitative estimate of drug-likeness (QED) is 0.652. The van der Waals surface area contributed by atoms with E-state index < -0.39 is 0 Å². The minimum atomic E-state index is -0.0420. The predicted octanol–water partition coefficient (Wildman–Crippen LogP) is 2.65. The number of likely N-dealkylation sites (tertiary alicyclic amines) is 1. The molecule has 1 aliphatic rings. The van der Waals surface area contributed by atoms with Crippen LogP contribution in [-0.2, 0) is 4.79 Å². The number of carbonyl (C=O) groups excluding carboxylic acids is 1. The summed E-state index contributed by atoms with van der Waals surface area (Å²) < 4.78 is 0. The van der Waals surface area contributed by atoms with Crippen molar-refractivity contribution in [3.05, 3.63) is 0 Å². The van der Waals surface area contributed by atoms with Gasteiger partial charge in [0.2, 0.25) is 5.91 Å². The molecule has 14 heavy (non-hydrogen) atoms. The van der Waals surface area contributed by atoms with Gasteiger partial charge >= 0.3 is 0 Å². The Bertz CT molecular complexity index is 197. The molecule has 3 heteroatoms. The van der Waals surface area contributed by atoms with Crippen LogP contribution in [-0.4, -0.2) is 28.8 Å². The maximum Gasteiger partial charge on any atom is 0.227 e. The molecule has 0 aliphatic carbocycles. The third-order valence-corrected chi connectivity index (χ3v) is 3.56. The Kier molecular flexibility index (Phi) is 4.24. The average Bonchev–Trinajstić information content (AvgIpc) is 2.16. The molecule has 2 nitrogen and oxygen atoms in total. The summed E-state index contributed by atoms with van der Waals surface area (Å²) in [6.45, 7) is 6.17. The minimum absolute atomic E-state index is 0.0420. The molecular formula is C11H20ClNO. The Morgan fingerprint density at radius 2 is 1.93 bits per heavy atom. The van der Waals surface area contributed by atoms with E-state index in [0.29, 0.717) is 18.0 Å². The van der Waals surface area contributed by atoms with Gasteiger partial charge in [-0.2, -0.15) is 0 Å². The molecule has 1 saturated heterocycles. The molecule has 1 rings (SSSR count). The number of carbonyl (C=O) groups is 1. The Labute approximate surface area is 91.6 Å². The third-order valence-electron chi connectivity index (χ3n) is 3.10. The molecule has 1 fully saturated rings. The van der Waals surface area contributed by atoms with Crippen molar-refractivity contribution >= 4 is 17.5 Å². The molecule has 0 radical (unpaired) electrons. The lowest BCUT2D eigenvalue weighted by Crippen LogP contribution is -2.49. The van der Waals surface area contributed by atoms with Crippen LogP contribution in [0.4, 0.5) is 0 Å². The molecule has 1 unspecified atom stereocenters. The monoisotopic (exact) mass is 217 g/mol. The zero-order valence-corrected chi connectivity index (χ0v) is 10.0. The van der Waals surface area contributed by atoms with Crippen LogP contribution in [0.1, 0.15) is 40.0 Å². The first-order valence-corrected chi connectivity index (χ1v) is 5.99.